The van der Waals surface area contributed by atoms with E-state index >= 15 is 0 Å². The highest BCUT2D eigenvalue weighted by Gasteiger charge is 2.15. The van der Waals surface area contributed by atoms with Gasteiger partial charge in [-0.3, -0.25) is 0 Å². The lowest BCUT2D eigenvalue weighted by Crippen LogP contribution is -2.22. The van der Waals surface area contributed by atoms with Crippen LogP contribution >= 0.6 is 11.3 Å². The van der Waals surface area contributed by atoms with Crippen LogP contribution in [0, 0.1) is 0 Å². The zero-order chi connectivity index (χ0) is 14.5. The van der Waals surface area contributed by atoms with Crippen molar-refractivity contribution >= 4 is 28.9 Å². The molecule has 1 unspecified atom stereocenters. The molecule has 20 heavy (non-hydrogen) atoms. The molecule has 0 aliphatic carbocycles. The molecule has 0 saturated heterocycles. The second-order valence-corrected chi connectivity index (χ2v) is 5.68. The van der Waals surface area contributed by atoms with Gasteiger partial charge in [0.15, 0.2) is 0 Å². The summed E-state index contributed by atoms with van der Waals surface area (Å²) in [5.41, 5.74) is 5.80. The first kappa shape index (κ1) is 14.6. The highest BCUT2D eigenvalue weighted by molar-refractivity contribution is 7.10. The van der Waals surface area contributed by atoms with E-state index in [1.165, 1.54) is 4.88 Å². The largest absolute Gasteiger partial charge is 0.370 e. The van der Waals surface area contributed by atoms with Gasteiger partial charge >= 0.3 is 0 Å². The number of aromatic nitrogens is 2. The van der Waals surface area contributed by atoms with Crippen LogP contribution in [0.3, 0.4) is 0 Å². The first-order chi connectivity index (χ1) is 9.61. The van der Waals surface area contributed by atoms with Crippen molar-refractivity contribution in [3.63, 3.8) is 0 Å². The predicted octanol–water partition coefficient (Wildman–Crippen LogP) is 3.14. The maximum atomic E-state index is 5.80. The van der Waals surface area contributed by atoms with E-state index in [9.17, 15) is 0 Å². The third-order valence-corrected chi connectivity index (χ3v) is 4.23. The van der Waals surface area contributed by atoms with Crippen LogP contribution in [-0.4, -0.2) is 23.6 Å². The van der Waals surface area contributed by atoms with E-state index in [0.29, 0.717) is 5.95 Å². The van der Waals surface area contributed by atoms with Crippen molar-refractivity contribution in [1.82, 2.24) is 9.97 Å². The fraction of sp³-hybridized carbons (Fsp3) is 0.429. The van der Waals surface area contributed by atoms with Crippen LogP contribution in [0.1, 0.15) is 31.2 Å². The molecule has 3 N–H and O–H groups in total. The van der Waals surface area contributed by atoms with Crippen molar-refractivity contribution in [2.24, 2.45) is 0 Å². The molecular formula is C14H21N5S. The van der Waals surface area contributed by atoms with Crippen LogP contribution in [0.15, 0.2) is 23.6 Å². The normalized spacial score (nSPS) is 12.2. The number of nitrogen functional groups attached to an aromatic ring is 1. The van der Waals surface area contributed by atoms with Crippen molar-refractivity contribution in [1.29, 1.82) is 0 Å². The van der Waals surface area contributed by atoms with E-state index in [4.69, 9.17) is 5.73 Å². The average Bonchev–Trinajstić information content (AvgIpc) is 2.97. The van der Waals surface area contributed by atoms with Crippen molar-refractivity contribution < 1.29 is 0 Å². The number of nitrogens with two attached hydrogens (primary N) is 1. The fourth-order valence-corrected chi connectivity index (χ4v) is 2.72. The first-order valence-corrected chi connectivity index (χ1v) is 7.64. The van der Waals surface area contributed by atoms with E-state index in [2.05, 4.69) is 51.5 Å². The molecule has 6 heteroatoms. The molecule has 2 aromatic heterocycles. The molecule has 0 saturated carbocycles. The summed E-state index contributed by atoms with van der Waals surface area (Å²) in [5.74, 6) is 1.91. The smallest absolute Gasteiger partial charge is 0.223 e. The molecule has 2 heterocycles. The molecule has 2 rings (SSSR count). The van der Waals surface area contributed by atoms with Gasteiger partial charge in [-0.25, -0.2) is 0 Å². The van der Waals surface area contributed by atoms with Gasteiger partial charge in [0.1, 0.15) is 11.6 Å². The van der Waals surface area contributed by atoms with Crippen molar-refractivity contribution in [2.75, 3.05) is 29.5 Å². The van der Waals surface area contributed by atoms with Gasteiger partial charge in [-0.15, -0.1) is 11.3 Å². The Balaban J connectivity index is 2.20. The minimum atomic E-state index is 0.253. The summed E-state index contributed by atoms with van der Waals surface area (Å²) in [5, 5.41) is 5.33. The second-order valence-electron chi connectivity index (χ2n) is 4.70. The molecule has 5 nitrogen and oxygen atoms in total. The number of anilines is 3. The maximum Gasteiger partial charge on any atom is 0.223 e. The number of nitrogens with one attached hydrogen (secondary N) is 1. The first-order valence-electron chi connectivity index (χ1n) is 6.76. The number of nitrogens with zero attached hydrogens (tertiary/aromatic N) is 3. The molecule has 0 aliphatic rings. The quantitative estimate of drug-likeness (QED) is 0.856. The summed E-state index contributed by atoms with van der Waals surface area (Å²) < 4.78 is 0. The SMILES string of the molecule is CCCNc1cc(N(C)C(C)c2cccs2)nc(N)n1. The van der Waals surface area contributed by atoms with Crippen molar-refractivity contribution in [3.05, 3.63) is 28.5 Å². The van der Waals surface area contributed by atoms with Crippen LogP contribution in [0.4, 0.5) is 17.6 Å². The van der Waals surface area contributed by atoms with Gasteiger partial charge < -0.3 is 16.0 Å². The average molecular weight is 291 g/mol. The Kier molecular flexibility index (Phi) is 4.79. The zero-order valence-corrected chi connectivity index (χ0v) is 12.9. The topological polar surface area (TPSA) is 67.1 Å². The Morgan fingerprint density at radius 2 is 2.25 bits per heavy atom. The lowest BCUT2D eigenvalue weighted by Gasteiger charge is -2.25. The molecule has 1 atom stereocenters. The van der Waals surface area contributed by atoms with E-state index < -0.39 is 0 Å². The summed E-state index contributed by atoms with van der Waals surface area (Å²) in [6.07, 6.45) is 1.04. The van der Waals surface area contributed by atoms with Gasteiger partial charge in [0.25, 0.3) is 0 Å². The number of rotatable bonds is 6. The summed E-state index contributed by atoms with van der Waals surface area (Å²) >= 11 is 1.74. The highest BCUT2D eigenvalue weighted by atomic mass is 32.1. The van der Waals surface area contributed by atoms with E-state index in [0.717, 1.165) is 24.6 Å². The molecular weight excluding hydrogens is 270 g/mol. The molecule has 0 radical (unpaired) electrons. The number of hydrogen-bond donors (Lipinski definition) is 2. The van der Waals surface area contributed by atoms with Gasteiger partial charge in [0.05, 0.1) is 6.04 Å². The van der Waals surface area contributed by atoms with E-state index in [1.807, 2.05) is 13.1 Å². The molecule has 0 aliphatic heterocycles. The van der Waals surface area contributed by atoms with Gasteiger partial charge in [-0.2, -0.15) is 9.97 Å². The molecule has 0 fully saturated rings. The minimum Gasteiger partial charge on any atom is -0.370 e. The lowest BCUT2D eigenvalue weighted by atomic mass is 10.2. The Labute approximate surface area is 123 Å². The summed E-state index contributed by atoms with van der Waals surface area (Å²) in [6.45, 7) is 5.15. The number of hydrogen-bond acceptors (Lipinski definition) is 6. The van der Waals surface area contributed by atoms with Gasteiger partial charge in [-0.1, -0.05) is 13.0 Å². The summed E-state index contributed by atoms with van der Waals surface area (Å²) in [7, 11) is 2.02. The Morgan fingerprint density at radius 1 is 1.45 bits per heavy atom. The van der Waals surface area contributed by atoms with Crippen molar-refractivity contribution in [3.8, 4) is 0 Å². The lowest BCUT2D eigenvalue weighted by molar-refractivity contribution is 0.741. The third kappa shape index (κ3) is 3.39. The second kappa shape index (κ2) is 6.56. The van der Waals surface area contributed by atoms with Crippen LogP contribution in [0.2, 0.25) is 0 Å². The zero-order valence-electron chi connectivity index (χ0n) is 12.1. The van der Waals surface area contributed by atoms with Gasteiger partial charge in [0.2, 0.25) is 5.95 Å². The van der Waals surface area contributed by atoms with Gasteiger partial charge in [0, 0.05) is 24.5 Å². The van der Waals surface area contributed by atoms with Gasteiger partial charge in [-0.05, 0) is 24.8 Å². The van der Waals surface area contributed by atoms with Crippen LogP contribution in [0.25, 0.3) is 0 Å². The Bertz CT molecular complexity index is 541. The van der Waals surface area contributed by atoms with E-state index in [-0.39, 0.29) is 6.04 Å². The maximum absolute atomic E-state index is 5.80. The van der Waals surface area contributed by atoms with Crippen LogP contribution in [-0.2, 0) is 0 Å². The monoisotopic (exact) mass is 291 g/mol. The standard InChI is InChI=1S/C14H21N5S/c1-4-7-16-12-9-13(18-14(15)17-12)19(3)10(2)11-6-5-8-20-11/h5-6,8-10H,4,7H2,1-3H3,(H3,15,16,17,18). The fourth-order valence-electron chi connectivity index (χ4n) is 1.90. The predicted molar refractivity (Wildman–Crippen MR) is 86.4 cm³/mol. The highest BCUT2D eigenvalue weighted by Crippen LogP contribution is 2.28. The molecule has 0 bridgehead atoms. The van der Waals surface area contributed by atoms with E-state index in [1.54, 1.807) is 11.3 Å². The van der Waals surface area contributed by atoms with Crippen molar-refractivity contribution in [2.45, 2.75) is 26.3 Å². The Hall–Kier alpha value is -1.82. The summed E-state index contributed by atoms with van der Waals surface area (Å²) in [6, 6.07) is 6.39. The molecule has 0 aromatic carbocycles. The third-order valence-electron chi connectivity index (χ3n) is 3.18. The van der Waals surface area contributed by atoms with Crippen LogP contribution in [0.5, 0.6) is 0 Å². The molecule has 2 aromatic rings. The Morgan fingerprint density at radius 3 is 2.90 bits per heavy atom. The molecule has 108 valence electrons. The summed E-state index contributed by atoms with van der Waals surface area (Å²) in [4.78, 5) is 11.9. The molecule has 0 spiro atoms. The number of thiophene rings is 1. The molecule has 0 amide bonds. The minimum absolute atomic E-state index is 0.253. The van der Waals surface area contributed by atoms with Crippen LogP contribution < -0.4 is 16.0 Å².